The van der Waals surface area contributed by atoms with Crippen molar-refractivity contribution in [3.05, 3.63) is 126 Å². The number of aliphatic imine (C=N–C) groups is 2. The summed E-state index contributed by atoms with van der Waals surface area (Å²) in [5.74, 6) is 2.23. The van der Waals surface area contributed by atoms with E-state index in [0.29, 0.717) is 28.8 Å². The number of carbonyl (C=O) groups is 1. The smallest absolute Gasteiger partial charge is 0.337 e. The van der Waals surface area contributed by atoms with Crippen molar-refractivity contribution < 1.29 is 14.3 Å². The Morgan fingerprint density at radius 2 is 1.56 bits per heavy atom. The molecule has 43 heavy (non-hydrogen) atoms. The summed E-state index contributed by atoms with van der Waals surface area (Å²) >= 11 is 0. The molecule has 0 amide bonds. The van der Waals surface area contributed by atoms with Crippen LogP contribution >= 0.6 is 0 Å². The number of rotatable bonds is 5. The number of amidine groups is 2. The molecule has 7 rings (SSSR count). The number of benzene rings is 4. The number of nitrogens with one attached hydrogen (secondary N) is 1. The zero-order valence-corrected chi connectivity index (χ0v) is 23.9. The van der Waals surface area contributed by atoms with Crippen LogP contribution in [0.2, 0.25) is 0 Å². The number of fused-ring (bicyclic) bond motifs is 4. The van der Waals surface area contributed by atoms with Crippen LogP contribution < -0.4 is 15.0 Å². The zero-order valence-electron chi connectivity index (χ0n) is 23.9. The molecule has 0 radical (unpaired) electrons. The van der Waals surface area contributed by atoms with Crippen molar-refractivity contribution in [3.63, 3.8) is 0 Å². The summed E-state index contributed by atoms with van der Waals surface area (Å²) in [7, 11) is 3.03. The van der Waals surface area contributed by atoms with Gasteiger partial charge < -0.3 is 19.7 Å². The number of aromatic nitrogens is 2. The van der Waals surface area contributed by atoms with Gasteiger partial charge in [-0.05, 0) is 61.0 Å². The summed E-state index contributed by atoms with van der Waals surface area (Å²) in [6.07, 6.45) is 0. The molecule has 2 aliphatic rings. The largest absolute Gasteiger partial charge is 0.495 e. The number of aryl methyl sites for hydroxylation is 1. The van der Waals surface area contributed by atoms with E-state index in [0.717, 1.165) is 39.6 Å². The van der Waals surface area contributed by atoms with E-state index in [-0.39, 0.29) is 12.0 Å². The molecule has 9 nitrogen and oxygen atoms in total. The minimum Gasteiger partial charge on any atom is -0.495 e. The maximum Gasteiger partial charge on any atom is 0.337 e. The number of para-hydroxylation sites is 5. The predicted molar refractivity (Wildman–Crippen MR) is 168 cm³/mol. The average Bonchev–Trinajstić information content (AvgIpc) is 3.40. The van der Waals surface area contributed by atoms with E-state index < -0.39 is 0 Å². The fraction of sp³-hybridized carbons (Fsp3) is 0.118. The second-order valence-electron chi connectivity index (χ2n) is 10.2. The Hall–Kier alpha value is -5.70. The number of hydrogen-bond acceptors (Lipinski definition) is 8. The SMILES string of the molecule is COC(=O)c1ccc([C@@H]2c3c(C)nn(-c4ccccc4)c3N=C3C(Nc4ccccc4OC)=Nc4ccccc4N32)cc1. The van der Waals surface area contributed by atoms with E-state index in [4.69, 9.17) is 24.6 Å². The van der Waals surface area contributed by atoms with Gasteiger partial charge in [0.2, 0.25) is 0 Å². The Balaban J connectivity index is 1.48. The quantitative estimate of drug-likeness (QED) is 0.235. The van der Waals surface area contributed by atoms with Gasteiger partial charge in [-0.25, -0.2) is 19.5 Å². The van der Waals surface area contributed by atoms with Gasteiger partial charge in [-0.3, -0.25) is 0 Å². The van der Waals surface area contributed by atoms with Crippen molar-refractivity contribution in [1.29, 1.82) is 0 Å². The maximum atomic E-state index is 12.3. The second kappa shape index (κ2) is 10.6. The molecule has 4 aromatic carbocycles. The molecule has 0 fully saturated rings. The molecule has 1 atom stereocenters. The third-order valence-corrected chi connectivity index (χ3v) is 7.65. The van der Waals surface area contributed by atoms with Crippen LogP contribution in [0.15, 0.2) is 113 Å². The van der Waals surface area contributed by atoms with Crippen LogP contribution in [0, 0.1) is 6.92 Å². The number of nitrogens with zero attached hydrogens (tertiary/aromatic N) is 5. The van der Waals surface area contributed by atoms with Gasteiger partial charge in [0.15, 0.2) is 17.5 Å². The van der Waals surface area contributed by atoms with Crippen molar-refractivity contribution in [2.24, 2.45) is 9.98 Å². The number of anilines is 2. The van der Waals surface area contributed by atoms with Gasteiger partial charge in [0.25, 0.3) is 0 Å². The second-order valence-corrected chi connectivity index (χ2v) is 10.2. The van der Waals surface area contributed by atoms with E-state index in [1.165, 1.54) is 7.11 Å². The van der Waals surface area contributed by atoms with E-state index in [2.05, 4.69) is 10.2 Å². The van der Waals surface area contributed by atoms with Gasteiger partial charge in [0.05, 0.1) is 54.3 Å². The molecule has 0 aliphatic carbocycles. The van der Waals surface area contributed by atoms with Gasteiger partial charge in [-0.2, -0.15) is 5.10 Å². The van der Waals surface area contributed by atoms with Crippen LogP contribution in [0.3, 0.4) is 0 Å². The minimum atomic E-state index is -0.384. The minimum absolute atomic E-state index is 0.322. The van der Waals surface area contributed by atoms with Gasteiger partial charge in [-0.15, -0.1) is 0 Å². The molecule has 1 aromatic heterocycles. The topological polar surface area (TPSA) is 93.3 Å². The highest BCUT2D eigenvalue weighted by molar-refractivity contribution is 6.51. The Bertz CT molecular complexity index is 1910. The molecule has 0 spiro atoms. The summed E-state index contributed by atoms with van der Waals surface area (Å²) in [6, 6.07) is 32.9. The van der Waals surface area contributed by atoms with Crippen LogP contribution in [-0.2, 0) is 4.74 Å². The summed E-state index contributed by atoms with van der Waals surface area (Å²) in [4.78, 5) is 24.8. The van der Waals surface area contributed by atoms with Crippen LogP contribution in [0.1, 0.15) is 33.2 Å². The van der Waals surface area contributed by atoms with E-state index in [1.54, 1.807) is 19.2 Å². The first-order valence-corrected chi connectivity index (χ1v) is 13.9. The molecule has 5 aromatic rings. The number of ether oxygens (including phenoxy) is 2. The van der Waals surface area contributed by atoms with Gasteiger partial charge in [0, 0.05) is 5.56 Å². The lowest BCUT2D eigenvalue weighted by molar-refractivity contribution is 0.0600. The number of esters is 1. The van der Waals surface area contributed by atoms with Crippen molar-refractivity contribution in [1.82, 2.24) is 9.78 Å². The first-order valence-electron chi connectivity index (χ1n) is 13.9. The van der Waals surface area contributed by atoms with E-state index >= 15 is 0 Å². The number of methoxy groups -OCH3 is 2. The molecule has 9 heteroatoms. The molecule has 3 heterocycles. The van der Waals surface area contributed by atoms with Crippen molar-refractivity contribution in [2.45, 2.75) is 13.0 Å². The highest BCUT2D eigenvalue weighted by Gasteiger charge is 2.41. The third kappa shape index (κ3) is 4.42. The maximum absolute atomic E-state index is 12.3. The Labute approximate surface area is 248 Å². The summed E-state index contributed by atoms with van der Waals surface area (Å²) < 4.78 is 12.5. The monoisotopic (exact) mass is 568 g/mol. The highest BCUT2D eigenvalue weighted by Crippen LogP contribution is 2.48. The first-order chi connectivity index (χ1) is 21.1. The molecule has 0 unspecified atom stereocenters. The lowest BCUT2D eigenvalue weighted by Gasteiger charge is -2.40. The van der Waals surface area contributed by atoms with Crippen molar-refractivity contribution in [3.8, 4) is 11.4 Å². The summed E-state index contributed by atoms with van der Waals surface area (Å²) in [6.45, 7) is 2.01. The normalized spacial score (nSPS) is 15.0. The van der Waals surface area contributed by atoms with Crippen LogP contribution in [0.4, 0.5) is 22.9 Å². The summed E-state index contributed by atoms with van der Waals surface area (Å²) in [5, 5.41) is 8.48. The lowest BCUT2D eigenvalue weighted by Crippen LogP contribution is -2.46. The third-order valence-electron chi connectivity index (χ3n) is 7.65. The van der Waals surface area contributed by atoms with Gasteiger partial charge >= 0.3 is 5.97 Å². The molecule has 0 bridgehead atoms. The van der Waals surface area contributed by atoms with E-state index in [1.807, 2.05) is 103 Å². The number of hydrogen-bond donors (Lipinski definition) is 1. The van der Waals surface area contributed by atoms with E-state index in [9.17, 15) is 4.79 Å². The first kappa shape index (κ1) is 26.2. The van der Waals surface area contributed by atoms with Crippen LogP contribution in [0.25, 0.3) is 5.69 Å². The van der Waals surface area contributed by atoms with Gasteiger partial charge in [-0.1, -0.05) is 54.6 Å². The lowest BCUT2D eigenvalue weighted by atomic mass is 9.92. The molecule has 2 aliphatic heterocycles. The van der Waals surface area contributed by atoms with Gasteiger partial charge in [0.1, 0.15) is 5.75 Å². The van der Waals surface area contributed by atoms with Crippen molar-refractivity contribution >= 4 is 40.5 Å². The molecule has 0 saturated carbocycles. The molecule has 212 valence electrons. The highest BCUT2D eigenvalue weighted by atomic mass is 16.5. The number of carbonyl (C=O) groups excluding carboxylic acids is 1. The molecule has 0 saturated heterocycles. The molecular weight excluding hydrogens is 540 g/mol. The fourth-order valence-corrected chi connectivity index (χ4v) is 5.66. The Morgan fingerprint density at radius 1 is 0.837 bits per heavy atom. The zero-order chi connectivity index (χ0) is 29.5. The van der Waals surface area contributed by atoms with Crippen molar-refractivity contribution in [2.75, 3.05) is 24.4 Å². The predicted octanol–water partition coefficient (Wildman–Crippen LogP) is 6.77. The Kier molecular flexibility index (Phi) is 6.47. The van der Waals surface area contributed by atoms with Crippen LogP contribution in [0.5, 0.6) is 5.75 Å². The molecule has 1 N–H and O–H groups in total. The summed E-state index contributed by atoms with van der Waals surface area (Å²) in [5.41, 5.74) is 6.63. The van der Waals surface area contributed by atoms with Crippen LogP contribution in [-0.4, -0.2) is 41.6 Å². The fourth-order valence-electron chi connectivity index (χ4n) is 5.66. The average molecular weight is 569 g/mol. The standard InChI is InChI=1S/C34H28N6O3/c1-21-29-30(22-17-19-23(20-18-22)34(41)43-3)39-27-15-9-7-13-25(27)35-31(36-26-14-8-10-16-28(26)42-2)33(39)37-32(29)40(38-21)24-11-5-4-6-12-24/h4-20,30H,1-3H3,(H,35,36)/t30-/m1/s1. The molecular formula is C34H28N6O3. The Morgan fingerprint density at radius 3 is 2.33 bits per heavy atom.